The van der Waals surface area contributed by atoms with Crippen molar-refractivity contribution in [3.05, 3.63) is 120 Å². The Labute approximate surface area is 207 Å². The molecule has 35 heavy (non-hydrogen) atoms. The molecule has 170 valence electrons. The summed E-state index contributed by atoms with van der Waals surface area (Å²) < 4.78 is 1.31. The fraction of sp³-hybridized carbons (Fsp3) is 0.0385. The van der Waals surface area contributed by atoms with Crippen LogP contribution in [0.5, 0.6) is 0 Å². The Morgan fingerprint density at radius 3 is 2.34 bits per heavy atom. The molecule has 1 aliphatic rings. The number of hydrogen-bond donors (Lipinski definition) is 0. The van der Waals surface area contributed by atoms with E-state index >= 15 is 0 Å². The topological polar surface area (TPSA) is 84.6 Å². The van der Waals surface area contributed by atoms with Gasteiger partial charge in [-0.25, -0.2) is 0 Å². The van der Waals surface area contributed by atoms with Crippen LogP contribution in [0.1, 0.15) is 11.1 Å². The lowest BCUT2D eigenvalue weighted by Gasteiger charge is -2.17. The van der Waals surface area contributed by atoms with Crippen LogP contribution >= 0.6 is 22.9 Å². The van der Waals surface area contributed by atoms with E-state index in [0.29, 0.717) is 28.4 Å². The number of fused-ring (bicyclic) bond motifs is 2. The number of thiazole rings is 1. The molecule has 0 atom stereocenters. The number of carbonyl (C=O) groups is 1. The Balaban J connectivity index is 1.55. The van der Waals surface area contributed by atoms with E-state index in [9.17, 15) is 14.4 Å². The average Bonchev–Trinajstić information content (AvgIpc) is 3.33. The molecule has 0 fully saturated rings. The van der Waals surface area contributed by atoms with Gasteiger partial charge in [0.25, 0.3) is 11.5 Å². The van der Waals surface area contributed by atoms with Crippen molar-refractivity contribution in [3.63, 3.8) is 0 Å². The van der Waals surface area contributed by atoms with Gasteiger partial charge in [0, 0.05) is 16.1 Å². The van der Waals surface area contributed by atoms with Crippen LogP contribution in [0.15, 0.2) is 88.5 Å². The van der Waals surface area contributed by atoms with Crippen molar-refractivity contribution in [1.29, 1.82) is 0 Å². The average molecular weight is 499 g/mol. The molecule has 0 radical (unpaired) electrons. The number of aromatic nitrogens is 3. The van der Waals surface area contributed by atoms with Gasteiger partial charge in [0.15, 0.2) is 5.69 Å². The van der Waals surface area contributed by atoms with E-state index in [-0.39, 0.29) is 26.7 Å². The third-order valence-electron chi connectivity index (χ3n) is 5.81. The fourth-order valence-corrected chi connectivity index (χ4v) is 5.29. The molecule has 6 rings (SSSR count). The van der Waals surface area contributed by atoms with E-state index in [0.717, 1.165) is 21.4 Å². The zero-order chi connectivity index (χ0) is 24.1. The molecule has 0 bridgehead atoms. The SMILES string of the molecule is O=C1/C(=c2\sc3nc(=O)c(-c4ccccc4)nn3c2=O)c2ccccc2N1Cc1ccc(Cl)cc1. The molecule has 1 aliphatic heterocycles. The van der Waals surface area contributed by atoms with Crippen LogP contribution in [0.25, 0.3) is 21.8 Å². The van der Waals surface area contributed by atoms with Crippen LogP contribution in [0.2, 0.25) is 5.02 Å². The lowest BCUT2D eigenvalue weighted by atomic mass is 10.1. The Hall–Kier alpha value is -4.14. The Morgan fingerprint density at radius 2 is 1.57 bits per heavy atom. The highest BCUT2D eigenvalue weighted by Gasteiger charge is 2.34. The van der Waals surface area contributed by atoms with Crippen LogP contribution < -0.4 is 20.6 Å². The molecule has 3 heterocycles. The zero-order valence-electron chi connectivity index (χ0n) is 18.0. The lowest BCUT2D eigenvalue weighted by molar-refractivity contribution is -0.113. The second-order valence-corrected chi connectivity index (χ2v) is 9.39. The maximum atomic E-state index is 13.6. The number of nitrogens with zero attached hydrogens (tertiary/aromatic N) is 4. The van der Waals surface area contributed by atoms with Crippen molar-refractivity contribution in [2.24, 2.45) is 0 Å². The van der Waals surface area contributed by atoms with E-state index in [2.05, 4.69) is 10.1 Å². The number of carbonyl (C=O) groups excluding carboxylic acids is 1. The molecule has 7 nitrogen and oxygen atoms in total. The molecule has 0 N–H and O–H groups in total. The molecule has 3 aromatic carbocycles. The summed E-state index contributed by atoms with van der Waals surface area (Å²) in [6, 6.07) is 23.4. The lowest BCUT2D eigenvalue weighted by Crippen LogP contribution is -2.32. The third-order valence-corrected chi connectivity index (χ3v) is 7.09. The van der Waals surface area contributed by atoms with E-state index < -0.39 is 11.1 Å². The van der Waals surface area contributed by atoms with Crippen molar-refractivity contribution in [2.75, 3.05) is 4.90 Å². The Morgan fingerprint density at radius 1 is 0.857 bits per heavy atom. The molecular weight excluding hydrogens is 484 g/mol. The summed E-state index contributed by atoms with van der Waals surface area (Å²) in [5.41, 5.74) is 2.18. The smallest absolute Gasteiger partial charge is 0.300 e. The van der Waals surface area contributed by atoms with Crippen LogP contribution in [0, 0.1) is 0 Å². The van der Waals surface area contributed by atoms with Gasteiger partial charge in [-0.1, -0.05) is 83.6 Å². The van der Waals surface area contributed by atoms with Gasteiger partial charge >= 0.3 is 5.56 Å². The first-order valence-corrected chi connectivity index (χ1v) is 11.9. The molecule has 2 aromatic heterocycles. The molecule has 0 saturated heterocycles. The van der Waals surface area contributed by atoms with Crippen molar-refractivity contribution in [1.82, 2.24) is 14.6 Å². The van der Waals surface area contributed by atoms with Crippen LogP contribution in [-0.4, -0.2) is 20.5 Å². The van der Waals surface area contributed by atoms with Gasteiger partial charge in [0.1, 0.15) is 4.53 Å². The second-order valence-electron chi connectivity index (χ2n) is 7.97. The minimum atomic E-state index is -0.531. The summed E-state index contributed by atoms with van der Waals surface area (Å²) >= 11 is 7.00. The number of amides is 1. The molecule has 0 spiro atoms. The van der Waals surface area contributed by atoms with Crippen molar-refractivity contribution in [2.45, 2.75) is 6.54 Å². The highest BCUT2D eigenvalue weighted by Crippen LogP contribution is 2.36. The first-order chi connectivity index (χ1) is 17.0. The second kappa shape index (κ2) is 8.26. The number of rotatable bonds is 3. The van der Waals surface area contributed by atoms with Gasteiger partial charge in [-0.3, -0.25) is 14.4 Å². The first-order valence-electron chi connectivity index (χ1n) is 10.7. The number of halogens is 1. The van der Waals surface area contributed by atoms with E-state index in [1.165, 1.54) is 0 Å². The molecule has 9 heteroatoms. The number of benzene rings is 3. The first kappa shape index (κ1) is 21.4. The minimum absolute atomic E-state index is 0.0806. The van der Waals surface area contributed by atoms with Crippen LogP contribution in [-0.2, 0) is 11.3 Å². The predicted molar refractivity (Wildman–Crippen MR) is 136 cm³/mol. The maximum Gasteiger partial charge on any atom is 0.300 e. The summed E-state index contributed by atoms with van der Waals surface area (Å²) in [7, 11) is 0. The van der Waals surface area contributed by atoms with Crippen molar-refractivity contribution in [3.8, 4) is 11.3 Å². The number of para-hydroxylation sites is 1. The Kier molecular flexibility index (Phi) is 5.05. The predicted octanol–water partition coefficient (Wildman–Crippen LogP) is 3.30. The summed E-state index contributed by atoms with van der Waals surface area (Å²) in [6.07, 6.45) is 0. The van der Waals surface area contributed by atoms with Gasteiger partial charge in [0.05, 0.1) is 17.8 Å². The molecular formula is C26H15ClN4O3S. The highest BCUT2D eigenvalue weighted by atomic mass is 35.5. The van der Waals surface area contributed by atoms with E-state index in [1.807, 2.05) is 42.5 Å². The molecule has 5 aromatic rings. The monoisotopic (exact) mass is 498 g/mol. The van der Waals surface area contributed by atoms with Gasteiger partial charge in [-0.15, -0.1) is 0 Å². The quantitative estimate of drug-likeness (QED) is 0.381. The Bertz CT molecular complexity index is 1800. The minimum Gasteiger partial charge on any atom is -0.303 e. The van der Waals surface area contributed by atoms with Crippen molar-refractivity contribution >= 4 is 45.1 Å². The molecule has 0 saturated carbocycles. The van der Waals surface area contributed by atoms with Gasteiger partial charge < -0.3 is 4.90 Å². The molecule has 0 unspecified atom stereocenters. The van der Waals surface area contributed by atoms with Crippen molar-refractivity contribution < 1.29 is 4.79 Å². The molecule has 0 aliphatic carbocycles. The maximum absolute atomic E-state index is 13.6. The molecule has 1 amide bonds. The van der Waals surface area contributed by atoms with Crippen LogP contribution in [0.4, 0.5) is 5.69 Å². The van der Waals surface area contributed by atoms with E-state index in [1.54, 1.807) is 41.3 Å². The van der Waals surface area contributed by atoms with E-state index in [4.69, 9.17) is 11.6 Å². The third kappa shape index (κ3) is 3.54. The zero-order valence-corrected chi connectivity index (χ0v) is 19.6. The number of hydrogen-bond acceptors (Lipinski definition) is 6. The summed E-state index contributed by atoms with van der Waals surface area (Å²) in [5.74, 6) is -0.295. The number of anilines is 1. The van der Waals surface area contributed by atoms with Crippen LogP contribution in [0.3, 0.4) is 0 Å². The highest BCUT2D eigenvalue weighted by molar-refractivity contribution is 7.15. The normalized spacial score (nSPS) is 14.5. The summed E-state index contributed by atoms with van der Waals surface area (Å²) in [4.78, 5) is 45.6. The summed E-state index contributed by atoms with van der Waals surface area (Å²) in [6.45, 7) is 0.322. The summed E-state index contributed by atoms with van der Waals surface area (Å²) in [5, 5.41) is 4.91. The fourth-order valence-electron chi connectivity index (χ4n) is 4.17. The standard InChI is InChI=1S/C26H15ClN4O3S/c27-17-12-10-15(11-13-17)14-30-19-9-5-4-8-18(19)20(24(30)33)22-25(34)31-26(35-22)28-23(32)21(29-31)16-6-2-1-3-7-16/h1-13H,14H2/b22-20-. The van der Waals surface area contributed by atoms with Gasteiger partial charge in [-0.05, 0) is 23.8 Å². The van der Waals surface area contributed by atoms with Gasteiger partial charge in [0.2, 0.25) is 4.96 Å². The largest absolute Gasteiger partial charge is 0.303 e. The van der Waals surface area contributed by atoms with Gasteiger partial charge in [-0.2, -0.15) is 14.6 Å².